The van der Waals surface area contributed by atoms with Gasteiger partial charge >= 0.3 is 0 Å². The second-order valence-corrected chi connectivity index (χ2v) is 7.70. The molecule has 6 nitrogen and oxygen atoms in total. The molecular weight excluding hydrogens is 402 g/mol. The molecule has 6 heteroatoms. The van der Waals surface area contributed by atoms with E-state index in [1.807, 2.05) is 37.3 Å². The SMILES string of the molecule is CCOc1ccc(-c2nc(OC)ccc2N2CCCN(c3ccc(OC)cc3)CC2)cc1. The van der Waals surface area contributed by atoms with Crippen LogP contribution in [0.4, 0.5) is 11.4 Å². The molecule has 1 aliphatic heterocycles. The number of rotatable bonds is 7. The monoisotopic (exact) mass is 433 g/mol. The topological polar surface area (TPSA) is 47.1 Å². The normalized spacial score (nSPS) is 14.1. The molecule has 2 aromatic carbocycles. The lowest BCUT2D eigenvalue weighted by atomic mass is 10.1. The predicted octanol–water partition coefficient (Wildman–Crippen LogP) is 4.88. The number of nitrogens with zero attached hydrogens (tertiary/aromatic N) is 3. The van der Waals surface area contributed by atoms with E-state index in [4.69, 9.17) is 19.2 Å². The smallest absolute Gasteiger partial charge is 0.213 e. The molecule has 0 spiro atoms. The summed E-state index contributed by atoms with van der Waals surface area (Å²) in [6.45, 7) is 6.51. The van der Waals surface area contributed by atoms with Gasteiger partial charge in [0.2, 0.25) is 5.88 Å². The summed E-state index contributed by atoms with van der Waals surface area (Å²) < 4.78 is 16.3. The lowest BCUT2D eigenvalue weighted by Crippen LogP contribution is -2.31. The number of hydrogen-bond acceptors (Lipinski definition) is 6. The van der Waals surface area contributed by atoms with E-state index in [1.54, 1.807) is 14.2 Å². The quantitative estimate of drug-likeness (QED) is 0.529. The number of anilines is 2. The highest BCUT2D eigenvalue weighted by Crippen LogP contribution is 2.33. The fraction of sp³-hybridized carbons (Fsp3) is 0.346. The first kappa shape index (κ1) is 21.8. The number of ether oxygens (including phenoxy) is 3. The van der Waals surface area contributed by atoms with E-state index in [9.17, 15) is 0 Å². The van der Waals surface area contributed by atoms with E-state index in [-0.39, 0.29) is 0 Å². The van der Waals surface area contributed by atoms with E-state index in [1.165, 1.54) is 5.69 Å². The van der Waals surface area contributed by atoms with Gasteiger partial charge in [-0.15, -0.1) is 0 Å². The minimum atomic E-state index is 0.618. The largest absolute Gasteiger partial charge is 0.497 e. The molecule has 168 valence electrons. The molecule has 1 fully saturated rings. The Kier molecular flexibility index (Phi) is 7.00. The van der Waals surface area contributed by atoms with Crippen LogP contribution in [0.1, 0.15) is 13.3 Å². The van der Waals surface area contributed by atoms with Crippen molar-refractivity contribution in [3.8, 4) is 28.6 Å². The van der Waals surface area contributed by atoms with Crippen molar-refractivity contribution in [2.75, 3.05) is 56.8 Å². The van der Waals surface area contributed by atoms with E-state index < -0.39 is 0 Å². The van der Waals surface area contributed by atoms with Crippen molar-refractivity contribution in [1.82, 2.24) is 4.98 Å². The minimum Gasteiger partial charge on any atom is -0.497 e. The van der Waals surface area contributed by atoms with Gasteiger partial charge in [0.1, 0.15) is 11.5 Å². The van der Waals surface area contributed by atoms with Crippen LogP contribution in [-0.2, 0) is 0 Å². The average Bonchev–Trinajstić information content (AvgIpc) is 3.11. The summed E-state index contributed by atoms with van der Waals surface area (Å²) in [5, 5.41) is 0. The summed E-state index contributed by atoms with van der Waals surface area (Å²) in [6.07, 6.45) is 1.07. The zero-order valence-corrected chi connectivity index (χ0v) is 19.1. The van der Waals surface area contributed by atoms with Gasteiger partial charge in [-0.2, -0.15) is 0 Å². The molecule has 4 rings (SSSR count). The Morgan fingerprint density at radius 3 is 2.12 bits per heavy atom. The van der Waals surface area contributed by atoms with Crippen LogP contribution in [0.2, 0.25) is 0 Å². The van der Waals surface area contributed by atoms with Crippen LogP contribution in [-0.4, -0.2) is 52.0 Å². The standard InChI is InChI=1S/C26H31N3O3/c1-4-32-23-10-6-20(7-11-23)26-24(14-15-25(27-26)31-3)29-17-5-16-28(18-19-29)21-8-12-22(30-2)13-9-21/h6-15H,4-5,16-19H2,1-3H3. The van der Waals surface area contributed by atoms with Crippen molar-refractivity contribution >= 4 is 11.4 Å². The summed E-state index contributed by atoms with van der Waals surface area (Å²) in [5.74, 6) is 2.37. The summed E-state index contributed by atoms with van der Waals surface area (Å²) >= 11 is 0. The highest BCUT2D eigenvalue weighted by molar-refractivity contribution is 5.76. The van der Waals surface area contributed by atoms with Gasteiger partial charge < -0.3 is 24.0 Å². The van der Waals surface area contributed by atoms with Gasteiger partial charge in [-0.05, 0) is 67.9 Å². The van der Waals surface area contributed by atoms with Crippen molar-refractivity contribution in [2.45, 2.75) is 13.3 Å². The Hall–Kier alpha value is -3.41. The summed E-state index contributed by atoms with van der Waals surface area (Å²) in [5.41, 5.74) is 4.35. The van der Waals surface area contributed by atoms with E-state index >= 15 is 0 Å². The minimum absolute atomic E-state index is 0.618. The fourth-order valence-electron chi connectivity index (χ4n) is 4.10. The number of hydrogen-bond donors (Lipinski definition) is 0. The molecule has 32 heavy (non-hydrogen) atoms. The molecule has 0 N–H and O–H groups in total. The van der Waals surface area contributed by atoms with E-state index in [0.29, 0.717) is 12.5 Å². The molecule has 0 unspecified atom stereocenters. The fourth-order valence-corrected chi connectivity index (χ4v) is 4.10. The maximum Gasteiger partial charge on any atom is 0.213 e. The number of pyridine rings is 1. The van der Waals surface area contributed by atoms with Gasteiger partial charge in [0.15, 0.2) is 0 Å². The van der Waals surface area contributed by atoms with Crippen LogP contribution >= 0.6 is 0 Å². The highest BCUT2D eigenvalue weighted by atomic mass is 16.5. The first-order valence-corrected chi connectivity index (χ1v) is 11.1. The molecule has 1 saturated heterocycles. The first-order chi connectivity index (χ1) is 15.7. The van der Waals surface area contributed by atoms with Crippen molar-refractivity contribution < 1.29 is 14.2 Å². The Bertz CT molecular complexity index is 1010. The van der Waals surface area contributed by atoms with Gasteiger partial charge in [-0.1, -0.05) is 0 Å². The van der Waals surface area contributed by atoms with Crippen LogP contribution in [0, 0.1) is 0 Å². The van der Waals surface area contributed by atoms with Gasteiger partial charge in [0, 0.05) is 43.5 Å². The Labute approximate surface area is 190 Å². The van der Waals surface area contributed by atoms with E-state index in [2.05, 4.69) is 40.1 Å². The lowest BCUT2D eigenvalue weighted by molar-refractivity contribution is 0.340. The first-order valence-electron chi connectivity index (χ1n) is 11.1. The summed E-state index contributed by atoms with van der Waals surface area (Å²) in [6, 6.07) is 20.5. The maximum atomic E-state index is 5.60. The van der Waals surface area contributed by atoms with Crippen LogP contribution in [0.5, 0.6) is 17.4 Å². The predicted molar refractivity (Wildman–Crippen MR) is 129 cm³/mol. The molecule has 3 aromatic rings. The van der Waals surface area contributed by atoms with Gasteiger partial charge in [-0.25, -0.2) is 4.98 Å². The molecular formula is C26H31N3O3. The Balaban J connectivity index is 1.57. The van der Waals surface area contributed by atoms with Crippen molar-refractivity contribution in [3.05, 3.63) is 60.7 Å². The van der Waals surface area contributed by atoms with E-state index in [0.717, 1.165) is 61.0 Å². The number of aromatic nitrogens is 1. The summed E-state index contributed by atoms with van der Waals surface area (Å²) in [7, 11) is 3.35. The zero-order valence-electron chi connectivity index (χ0n) is 19.1. The van der Waals surface area contributed by atoms with Crippen molar-refractivity contribution in [1.29, 1.82) is 0 Å². The molecule has 0 saturated carbocycles. The second-order valence-electron chi connectivity index (χ2n) is 7.70. The van der Waals surface area contributed by atoms with Gasteiger partial charge in [-0.3, -0.25) is 0 Å². The van der Waals surface area contributed by atoms with Crippen LogP contribution in [0.15, 0.2) is 60.7 Å². The van der Waals surface area contributed by atoms with Crippen LogP contribution in [0.3, 0.4) is 0 Å². The summed E-state index contributed by atoms with van der Waals surface area (Å²) in [4.78, 5) is 9.68. The lowest BCUT2D eigenvalue weighted by Gasteiger charge is -2.26. The molecule has 0 atom stereocenters. The van der Waals surface area contributed by atoms with Gasteiger partial charge in [0.05, 0.1) is 32.2 Å². The van der Waals surface area contributed by atoms with Crippen molar-refractivity contribution in [3.63, 3.8) is 0 Å². The molecule has 0 bridgehead atoms. The molecule has 1 aromatic heterocycles. The number of methoxy groups -OCH3 is 2. The highest BCUT2D eigenvalue weighted by Gasteiger charge is 2.20. The Morgan fingerprint density at radius 2 is 1.44 bits per heavy atom. The maximum absolute atomic E-state index is 5.60. The molecule has 2 heterocycles. The third kappa shape index (κ3) is 4.90. The Morgan fingerprint density at radius 1 is 0.750 bits per heavy atom. The average molecular weight is 434 g/mol. The van der Waals surface area contributed by atoms with Crippen LogP contribution < -0.4 is 24.0 Å². The molecule has 0 aliphatic carbocycles. The molecule has 0 amide bonds. The van der Waals surface area contributed by atoms with Crippen LogP contribution in [0.25, 0.3) is 11.3 Å². The third-order valence-corrected chi connectivity index (χ3v) is 5.77. The molecule has 0 radical (unpaired) electrons. The van der Waals surface area contributed by atoms with Gasteiger partial charge in [0.25, 0.3) is 0 Å². The third-order valence-electron chi connectivity index (χ3n) is 5.77. The second kappa shape index (κ2) is 10.3. The zero-order chi connectivity index (χ0) is 22.3. The molecule has 1 aliphatic rings. The number of benzene rings is 2. The van der Waals surface area contributed by atoms with Crippen molar-refractivity contribution in [2.24, 2.45) is 0 Å².